The Morgan fingerprint density at radius 1 is 1.47 bits per heavy atom. The second-order valence-electron chi connectivity index (χ2n) is 4.47. The van der Waals surface area contributed by atoms with Gasteiger partial charge in [-0.05, 0) is 31.4 Å². The molecule has 0 aliphatic carbocycles. The summed E-state index contributed by atoms with van der Waals surface area (Å²) in [5, 5.41) is 2.82. The van der Waals surface area contributed by atoms with Crippen molar-refractivity contribution in [2.75, 3.05) is 0 Å². The number of nitrogens with zero attached hydrogens (tertiary/aromatic N) is 1. The fourth-order valence-corrected chi connectivity index (χ4v) is 1.66. The van der Waals surface area contributed by atoms with Crippen LogP contribution in [0.3, 0.4) is 0 Å². The third-order valence-electron chi connectivity index (χ3n) is 2.78. The first kappa shape index (κ1) is 13.6. The molecule has 3 nitrogen and oxygen atoms in total. The third-order valence-corrected chi connectivity index (χ3v) is 2.78. The molecule has 0 spiro atoms. The number of halogens is 1. The zero-order valence-electron chi connectivity index (χ0n) is 10.5. The molecule has 2 unspecified atom stereocenters. The van der Waals surface area contributed by atoms with E-state index in [2.05, 4.69) is 24.1 Å². The molecule has 1 N–H and O–H groups in total. The summed E-state index contributed by atoms with van der Waals surface area (Å²) in [5.74, 6) is -0.390. The van der Waals surface area contributed by atoms with Gasteiger partial charge >= 0.3 is 0 Å². The normalized spacial score (nSPS) is 14.1. The van der Waals surface area contributed by atoms with Gasteiger partial charge in [-0.15, -0.1) is 0 Å². The van der Waals surface area contributed by atoms with Crippen molar-refractivity contribution < 1.29 is 9.18 Å². The third kappa shape index (κ3) is 4.51. The summed E-state index contributed by atoms with van der Waals surface area (Å²) in [4.78, 5) is 15.3. The Morgan fingerprint density at radius 2 is 2.18 bits per heavy atom. The van der Waals surface area contributed by atoms with Crippen molar-refractivity contribution in [1.29, 1.82) is 0 Å². The molecule has 0 aromatic carbocycles. The Morgan fingerprint density at radius 3 is 2.76 bits per heavy atom. The molecular weight excluding hydrogens is 219 g/mol. The minimum atomic E-state index is -0.632. The van der Waals surface area contributed by atoms with E-state index in [4.69, 9.17) is 0 Å². The van der Waals surface area contributed by atoms with Crippen LogP contribution in [0.4, 0.5) is 4.39 Å². The van der Waals surface area contributed by atoms with E-state index in [1.54, 1.807) is 0 Å². The fourth-order valence-electron chi connectivity index (χ4n) is 1.66. The average Bonchev–Trinajstić information content (AvgIpc) is 2.28. The average molecular weight is 238 g/mol. The standard InChI is InChI=1S/C13H19FN2O/c1-4-9(2)8-10(3)15-13(17)11-6-5-7-12(14)16-11/h5-7,9-10H,4,8H2,1-3H3,(H,15,17). The lowest BCUT2D eigenvalue weighted by molar-refractivity contribution is 0.0929. The zero-order chi connectivity index (χ0) is 12.8. The van der Waals surface area contributed by atoms with Crippen LogP contribution in [0.25, 0.3) is 0 Å². The Kier molecular flexibility index (Phi) is 5.07. The first-order valence-corrected chi connectivity index (χ1v) is 5.96. The quantitative estimate of drug-likeness (QED) is 0.801. The molecular formula is C13H19FN2O. The van der Waals surface area contributed by atoms with Gasteiger partial charge in [-0.1, -0.05) is 26.3 Å². The number of amides is 1. The van der Waals surface area contributed by atoms with Crippen LogP contribution in [0.15, 0.2) is 18.2 Å². The second kappa shape index (κ2) is 6.33. The van der Waals surface area contributed by atoms with E-state index in [0.717, 1.165) is 12.8 Å². The van der Waals surface area contributed by atoms with Crippen LogP contribution in [-0.2, 0) is 0 Å². The highest BCUT2D eigenvalue weighted by Crippen LogP contribution is 2.09. The molecule has 1 aromatic heterocycles. The topological polar surface area (TPSA) is 42.0 Å². The molecule has 2 atom stereocenters. The molecule has 0 bridgehead atoms. The van der Waals surface area contributed by atoms with Gasteiger partial charge in [-0.25, -0.2) is 4.98 Å². The lowest BCUT2D eigenvalue weighted by Gasteiger charge is -2.17. The highest BCUT2D eigenvalue weighted by atomic mass is 19.1. The summed E-state index contributed by atoms with van der Waals surface area (Å²) >= 11 is 0. The van der Waals surface area contributed by atoms with Crippen LogP contribution >= 0.6 is 0 Å². The van der Waals surface area contributed by atoms with Gasteiger partial charge in [0.25, 0.3) is 5.91 Å². The molecule has 0 saturated heterocycles. The van der Waals surface area contributed by atoms with Crippen molar-refractivity contribution in [2.45, 2.75) is 39.7 Å². The van der Waals surface area contributed by atoms with Crippen molar-refractivity contribution >= 4 is 5.91 Å². The summed E-state index contributed by atoms with van der Waals surface area (Å²) < 4.78 is 12.8. The van der Waals surface area contributed by atoms with Crippen LogP contribution in [-0.4, -0.2) is 16.9 Å². The number of hydrogen-bond acceptors (Lipinski definition) is 2. The monoisotopic (exact) mass is 238 g/mol. The second-order valence-corrected chi connectivity index (χ2v) is 4.47. The van der Waals surface area contributed by atoms with Crippen molar-refractivity contribution in [1.82, 2.24) is 10.3 Å². The van der Waals surface area contributed by atoms with E-state index in [-0.39, 0.29) is 17.6 Å². The molecule has 0 radical (unpaired) electrons. The number of nitrogens with one attached hydrogen (secondary N) is 1. The van der Waals surface area contributed by atoms with Crippen LogP contribution in [0.1, 0.15) is 44.1 Å². The van der Waals surface area contributed by atoms with E-state index in [0.29, 0.717) is 5.92 Å². The number of hydrogen-bond donors (Lipinski definition) is 1. The first-order chi connectivity index (χ1) is 8.02. The highest BCUT2D eigenvalue weighted by molar-refractivity contribution is 5.92. The molecule has 0 saturated carbocycles. The Balaban J connectivity index is 2.54. The van der Waals surface area contributed by atoms with Gasteiger partial charge in [0.2, 0.25) is 5.95 Å². The maximum Gasteiger partial charge on any atom is 0.270 e. The van der Waals surface area contributed by atoms with Crippen LogP contribution in [0, 0.1) is 11.9 Å². The molecule has 94 valence electrons. The van der Waals surface area contributed by atoms with Gasteiger partial charge in [-0.2, -0.15) is 4.39 Å². The van der Waals surface area contributed by atoms with Gasteiger partial charge in [0, 0.05) is 6.04 Å². The first-order valence-electron chi connectivity index (χ1n) is 5.96. The predicted molar refractivity (Wildman–Crippen MR) is 65.2 cm³/mol. The number of pyridine rings is 1. The smallest absolute Gasteiger partial charge is 0.270 e. The highest BCUT2D eigenvalue weighted by Gasteiger charge is 2.13. The van der Waals surface area contributed by atoms with Crippen LogP contribution in [0.5, 0.6) is 0 Å². The Bertz CT molecular complexity index is 381. The Hall–Kier alpha value is -1.45. The number of aromatic nitrogens is 1. The van der Waals surface area contributed by atoms with Gasteiger partial charge in [0.05, 0.1) is 0 Å². The molecule has 4 heteroatoms. The molecule has 1 amide bonds. The number of carbonyl (C=O) groups excluding carboxylic acids is 1. The van der Waals surface area contributed by atoms with Crippen molar-refractivity contribution in [3.8, 4) is 0 Å². The molecule has 1 heterocycles. The van der Waals surface area contributed by atoms with Gasteiger partial charge in [0.1, 0.15) is 5.69 Å². The maximum atomic E-state index is 12.8. The number of rotatable bonds is 5. The van der Waals surface area contributed by atoms with Crippen molar-refractivity contribution in [3.05, 3.63) is 29.8 Å². The minimum absolute atomic E-state index is 0.0718. The Labute approximate surface area is 101 Å². The maximum absolute atomic E-state index is 12.8. The van der Waals surface area contributed by atoms with E-state index in [1.807, 2.05) is 6.92 Å². The summed E-state index contributed by atoms with van der Waals surface area (Å²) in [6.07, 6.45) is 2.00. The summed E-state index contributed by atoms with van der Waals surface area (Å²) in [5.41, 5.74) is 0.126. The lowest BCUT2D eigenvalue weighted by Crippen LogP contribution is -2.34. The summed E-state index contributed by atoms with van der Waals surface area (Å²) in [6.45, 7) is 6.21. The largest absolute Gasteiger partial charge is 0.348 e. The van der Waals surface area contributed by atoms with Crippen LogP contribution < -0.4 is 5.32 Å². The SMILES string of the molecule is CCC(C)CC(C)NC(=O)c1cccc(F)n1. The van der Waals surface area contributed by atoms with Crippen LogP contribution in [0.2, 0.25) is 0 Å². The molecule has 0 aliphatic rings. The summed E-state index contributed by atoms with van der Waals surface area (Å²) in [6, 6.07) is 4.28. The van der Waals surface area contributed by atoms with E-state index >= 15 is 0 Å². The molecule has 17 heavy (non-hydrogen) atoms. The predicted octanol–water partition coefficient (Wildman–Crippen LogP) is 2.78. The fraction of sp³-hybridized carbons (Fsp3) is 0.538. The lowest BCUT2D eigenvalue weighted by atomic mass is 10.0. The molecule has 1 aromatic rings. The molecule has 0 aliphatic heterocycles. The zero-order valence-corrected chi connectivity index (χ0v) is 10.5. The van der Waals surface area contributed by atoms with E-state index in [1.165, 1.54) is 18.2 Å². The molecule has 0 fully saturated rings. The number of carbonyl (C=O) groups is 1. The summed E-state index contributed by atoms with van der Waals surface area (Å²) in [7, 11) is 0. The van der Waals surface area contributed by atoms with Crippen molar-refractivity contribution in [2.24, 2.45) is 5.92 Å². The van der Waals surface area contributed by atoms with Gasteiger partial charge in [-0.3, -0.25) is 4.79 Å². The van der Waals surface area contributed by atoms with Gasteiger partial charge < -0.3 is 5.32 Å². The minimum Gasteiger partial charge on any atom is -0.348 e. The van der Waals surface area contributed by atoms with Gasteiger partial charge in [0.15, 0.2) is 0 Å². The van der Waals surface area contributed by atoms with E-state index in [9.17, 15) is 9.18 Å². The van der Waals surface area contributed by atoms with E-state index < -0.39 is 5.95 Å². The molecule has 1 rings (SSSR count). The van der Waals surface area contributed by atoms with Crippen molar-refractivity contribution in [3.63, 3.8) is 0 Å².